The van der Waals surface area contributed by atoms with E-state index in [-0.39, 0.29) is 6.04 Å². The highest BCUT2D eigenvalue weighted by atomic mass is 16.5. The quantitative estimate of drug-likeness (QED) is 0.742. The van der Waals surface area contributed by atoms with Crippen molar-refractivity contribution in [3.05, 3.63) is 36.0 Å². The molecule has 0 saturated carbocycles. The largest absolute Gasteiger partial charge is 0.481 e. The molecule has 2 N–H and O–H groups in total. The first-order valence-corrected chi connectivity index (χ1v) is 4.56. The van der Waals surface area contributed by atoms with Gasteiger partial charge in [0.2, 0.25) is 5.88 Å². The Labute approximate surface area is 84.6 Å². The zero-order valence-electron chi connectivity index (χ0n) is 8.66. The van der Waals surface area contributed by atoms with Crippen molar-refractivity contribution in [2.75, 3.05) is 7.11 Å². The maximum Gasteiger partial charge on any atom is 0.213 e. The Balaban J connectivity index is 2.93. The highest BCUT2D eigenvalue weighted by Crippen LogP contribution is 2.20. The van der Waals surface area contributed by atoms with Crippen LogP contribution in [0, 0.1) is 6.92 Å². The zero-order valence-corrected chi connectivity index (χ0v) is 8.66. The molecule has 0 amide bonds. The maximum absolute atomic E-state index is 5.95. The van der Waals surface area contributed by atoms with Gasteiger partial charge in [0, 0.05) is 18.3 Å². The molecule has 0 aliphatic rings. The predicted molar refractivity (Wildman–Crippen MR) is 57.3 cm³/mol. The molecule has 0 bridgehead atoms. The van der Waals surface area contributed by atoms with Gasteiger partial charge in [-0.25, -0.2) is 4.98 Å². The predicted octanol–water partition coefficient (Wildman–Crippen LogP) is 1.97. The van der Waals surface area contributed by atoms with Crippen molar-refractivity contribution < 1.29 is 4.74 Å². The molecule has 0 spiro atoms. The van der Waals surface area contributed by atoms with Crippen LogP contribution in [0.25, 0.3) is 0 Å². The van der Waals surface area contributed by atoms with E-state index < -0.39 is 0 Å². The molecule has 0 radical (unpaired) electrons. The molecule has 1 unspecified atom stereocenters. The van der Waals surface area contributed by atoms with E-state index in [2.05, 4.69) is 11.6 Å². The molecule has 3 heteroatoms. The van der Waals surface area contributed by atoms with Crippen LogP contribution in [0.4, 0.5) is 0 Å². The summed E-state index contributed by atoms with van der Waals surface area (Å²) in [6, 6.07) is 1.86. The lowest BCUT2D eigenvalue weighted by molar-refractivity contribution is 0.397. The van der Waals surface area contributed by atoms with Crippen LogP contribution in [-0.4, -0.2) is 12.1 Å². The van der Waals surface area contributed by atoms with Crippen molar-refractivity contribution in [2.24, 2.45) is 5.73 Å². The molecule has 0 aliphatic heterocycles. The average molecular weight is 192 g/mol. The van der Waals surface area contributed by atoms with Gasteiger partial charge < -0.3 is 10.5 Å². The summed E-state index contributed by atoms with van der Waals surface area (Å²) < 4.78 is 5.02. The van der Waals surface area contributed by atoms with E-state index in [1.54, 1.807) is 13.3 Å². The highest BCUT2D eigenvalue weighted by Gasteiger charge is 2.08. The fourth-order valence-corrected chi connectivity index (χ4v) is 1.35. The molecule has 0 aromatic carbocycles. The lowest BCUT2D eigenvalue weighted by Crippen LogP contribution is -2.11. The van der Waals surface area contributed by atoms with Crippen molar-refractivity contribution in [1.82, 2.24) is 4.98 Å². The Morgan fingerprint density at radius 2 is 2.43 bits per heavy atom. The maximum atomic E-state index is 5.95. The lowest BCUT2D eigenvalue weighted by atomic mass is 10.0. The summed E-state index contributed by atoms with van der Waals surface area (Å²) in [5.74, 6) is 0.622. The first-order valence-electron chi connectivity index (χ1n) is 4.56. The number of rotatable bonds is 4. The number of hydrogen-bond donors (Lipinski definition) is 1. The summed E-state index contributed by atoms with van der Waals surface area (Å²) in [6.45, 7) is 5.67. The van der Waals surface area contributed by atoms with Gasteiger partial charge in [-0.05, 0) is 24.5 Å². The Bertz CT molecular complexity index is 323. The normalized spacial score (nSPS) is 12.2. The molecule has 1 atom stereocenters. The molecular weight excluding hydrogens is 176 g/mol. The first kappa shape index (κ1) is 10.7. The molecule has 76 valence electrons. The van der Waals surface area contributed by atoms with Crippen molar-refractivity contribution in [3.8, 4) is 5.88 Å². The van der Waals surface area contributed by atoms with E-state index in [1.165, 1.54) is 0 Å². The third kappa shape index (κ3) is 2.33. The number of nitrogens with zero attached hydrogens (tertiary/aromatic N) is 1. The Morgan fingerprint density at radius 1 is 1.71 bits per heavy atom. The molecule has 1 heterocycles. The minimum atomic E-state index is -0.0223. The molecular formula is C11H16N2O. The van der Waals surface area contributed by atoms with Gasteiger partial charge in [-0.2, -0.15) is 0 Å². The van der Waals surface area contributed by atoms with E-state index in [0.29, 0.717) is 5.88 Å². The summed E-state index contributed by atoms with van der Waals surface area (Å²) in [5, 5.41) is 0. The van der Waals surface area contributed by atoms with Crippen LogP contribution in [0.3, 0.4) is 0 Å². The van der Waals surface area contributed by atoms with Crippen LogP contribution >= 0.6 is 0 Å². The smallest absolute Gasteiger partial charge is 0.213 e. The number of methoxy groups -OCH3 is 1. The molecule has 1 aromatic heterocycles. The minimum Gasteiger partial charge on any atom is -0.481 e. The van der Waals surface area contributed by atoms with Crippen LogP contribution in [0.15, 0.2) is 24.9 Å². The van der Waals surface area contributed by atoms with Gasteiger partial charge in [-0.15, -0.1) is 6.58 Å². The Kier molecular flexibility index (Phi) is 3.65. The van der Waals surface area contributed by atoms with Gasteiger partial charge in [0.15, 0.2) is 0 Å². The van der Waals surface area contributed by atoms with Crippen molar-refractivity contribution >= 4 is 0 Å². The van der Waals surface area contributed by atoms with Crippen LogP contribution in [0.2, 0.25) is 0 Å². The fraction of sp³-hybridized carbons (Fsp3) is 0.364. The van der Waals surface area contributed by atoms with E-state index in [1.807, 2.05) is 19.1 Å². The summed E-state index contributed by atoms with van der Waals surface area (Å²) in [5.41, 5.74) is 8.10. The lowest BCUT2D eigenvalue weighted by Gasteiger charge is -2.12. The molecule has 14 heavy (non-hydrogen) atoms. The van der Waals surface area contributed by atoms with E-state index in [0.717, 1.165) is 17.5 Å². The number of ether oxygens (including phenoxy) is 1. The third-order valence-corrected chi connectivity index (χ3v) is 2.16. The molecule has 1 aromatic rings. The number of aryl methyl sites for hydroxylation is 1. The van der Waals surface area contributed by atoms with E-state index >= 15 is 0 Å². The summed E-state index contributed by atoms with van der Waals surface area (Å²) in [4.78, 5) is 4.12. The van der Waals surface area contributed by atoms with Crippen LogP contribution in [0.5, 0.6) is 5.88 Å². The van der Waals surface area contributed by atoms with Gasteiger partial charge in [-0.1, -0.05) is 6.08 Å². The molecule has 0 saturated heterocycles. The van der Waals surface area contributed by atoms with Crippen molar-refractivity contribution in [1.29, 1.82) is 0 Å². The highest BCUT2D eigenvalue weighted by molar-refractivity contribution is 5.30. The van der Waals surface area contributed by atoms with Gasteiger partial charge in [0.05, 0.1) is 7.11 Å². The Morgan fingerprint density at radius 3 is 2.93 bits per heavy atom. The van der Waals surface area contributed by atoms with Crippen molar-refractivity contribution in [2.45, 2.75) is 19.4 Å². The average Bonchev–Trinajstić information content (AvgIpc) is 2.17. The number of pyridine rings is 1. The third-order valence-electron chi connectivity index (χ3n) is 2.16. The summed E-state index contributed by atoms with van der Waals surface area (Å²) >= 11 is 0. The van der Waals surface area contributed by atoms with Gasteiger partial charge >= 0.3 is 0 Å². The molecule has 3 nitrogen and oxygen atoms in total. The summed E-state index contributed by atoms with van der Waals surface area (Å²) in [6.07, 6.45) is 4.34. The van der Waals surface area contributed by atoms with E-state index in [9.17, 15) is 0 Å². The Hall–Kier alpha value is -1.35. The standard InChI is InChI=1S/C11H16N2O/c1-4-5-10(12)9-7-13-11(14-3)6-8(9)2/h4,6-7,10H,1,5,12H2,2-3H3. The molecule has 0 aliphatic carbocycles. The topological polar surface area (TPSA) is 48.1 Å². The monoisotopic (exact) mass is 192 g/mol. The van der Waals surface area contributed by atoms with Crippen LogP contribution in [-0.2, 0) is 0 Å². The van der Waals surface area contributed by atoms with Crippen LogP contribution < -0.4 is 10.5 Å². The zero-order chi connectivity index (χ0) is 10.6. The second-order valence-corrected chi connectivity index (χ2v) is 3.21. The second kappa shape index (κ2) is 4.77. The molecule has 0 fully saturated rings. The second-order valence-electron chi connectivity index (χ2n) is 3.21. The van der Waals surface area contributed by atoms with E-state index in [4.69, 9.17) is 10.5 Å². The van der Waals surface area contributed by atoms with Crippen molar-refractivity contribution in [3.63, 3.8) is 0 Å². The number of nitrogens with two attached hydrogens (primary N) is 1. The minimum absolute atomic E-state index is 0.0223. The molecule has 1 rings (SSSR count). The summed E-state index contributed by atoms with van der Waals surface area (Å²) in [7, 11) is 1.60. The number of aromatic nitrogens is 1. The van der Waals surface area contributed by atoms with Gasteiger partial charge in [-0.3, -0.25) is 0 Å². The van der Waals surface area contributed by atoms with Crippen LogP contribution in [0.1, 0.15) is 23.6 Å². The number of hydrogen-bond acceptors (Lipinski definition) is 3. The SMILES string of the molecule is C=CCC(N)c1cnc(OC)cc1C. The van der Waals surface area contributed by atoms with Gasteiger partial charge in [0.1, 0.15) is 0 Å². The van der Waals surface area contributed by atoms with Gasteiger partial charge in [0.25, 0.3) is 0 Å². The fourth-order valence-electron chi connectivity index (χ4n) is 1.35. The first-order chi connectivity index (χ1) is 6.69.